The molecule has 5 heteroatoms. The van der Waals surface area contributed by atoms with Crippen molar-refractivity contribution in [2.75, 3.05) is 30.4 Å². The lowest BCUT2D eigenvalue weighted by Gasteiger charge is -2.21. The van der Waals surface area contributed by atoms with Gasteiger partial charge in [0.25, 0.3) is 0 Å². The maximum atomic E-state index is 11.6. The first-order valence-corrected chi connectivity index (χ1v) is 8.04. The molecule has 0 spiro atoms. The second-order valence-corrected chi connectivity index (χ2v) is 5.06. The number of rotatable bonds is 9. The molecule has 0 unspecified atom stereocenters. The summed E-state index contributed by atoms with van der Waals surface area (Å²) < 4.78 is 5.03. The molecule has 0 aromatic heterocycles. The zero-order chi connectivity index (χ0) is 12.2. The molecule has 0 saturated carbocycles. The minimum absolute atomic E-state index is 0.174. The summed E-state index contributed by atoms with van der Waals surface area (Å²) in [5, 5.41) is 1.98. The second kappa shape index (κ2) is 11.7. The van der Waals surface area contributed by atoms with Crippen molar-refractivity contribution in [3.63, 3.8) is 0 Å². The van der Waals surface area contributed by atoms with Crippen molar-refractivity contribution in [1.29, 1.82) is 0 Å². The summed E-state index contributed by atoms with van der Waals surface area (Å²) in [6.07, 6.45) is 4.06. The number of halogens is 2. The Bertz CT molecular complexity index is 169. The summed E-state index contributed by atoms with van der Waals surface area (Å²) >= 11 is 6.78. The molecule has 0 atom stereocenters. The number of hydrogen-bond acceptors (Lipinski definition) is 2. The van der Waals surface area contributed by atoms with E-state index >= 15 is 0 Å². The van der Waals surface area contributed by atoms with E-state index in [0.29, 0.717) is 6.61 Å². The van der Waals surface area contributed by atoms with Crippen LogP contribution in [0, 0.1) is 0 Å². The third kappa shape index (κ3) is 8.39. The quantitative estimate of drug-likeness (QED) is 0.463. The molecule has 1 amide bonds. The van der Waals surface area contributed by atoms with Crippen molar-refractivity contribution in [2.24, 2.45) is 0 Å². The van der Waals surface area contributed by atoms with Crippen LogP contribution in [0.4, 0.5) is 4.79 Å². The molecule has 96 valence electrons. The third-order valence-corrected chi connectivity index (χ3v) is 3.27. The van der Waals surface area contributed by atoms with E-state index in [4.69, 9.17) is 4.74 Å². The number of amides is 1. The minimum atomic E-state index is -0.174. The Morgan fingerprint density at radius 3 is 1.94 bits per heavy atom. The Morgan fingerprint density at radius 2 is 1.56 bits per heavy atom. The molecule has 0 bridgehead atoms. The molecule has 0 aliphatic rings. The smallest absolute Gasteiger partial charge is 0.409 e. The first-order chi connectivity index (χ1) is 7.76. The molecule has 16 heavy (non-hydrogen) atoms. The van der Waals surface area contributed by atoms with Crippen LogP contribution in [0.3, 0.4) is 0 Å². The van der Waals surface area contributed by atoms with E-state index in [-0.39, 0.29) is 6.09 Å². The highest BCUT2D eigenvalue weighted by Crippen LogP contribution is 2.04. The Kier molecular flexibility index (Phi) is 11.9. The zero-order valence-corrected chi connectivity index (χ0v) is 13.1. The monoisotopic (exact) mass is 357 g/mol. The Labute approximate surface area is 115 Å². The van der Waals surface area contributed by atoms with Crippen LogP contribution in [0.25, 0.3) is 0 Å². The summed E-state index contributed by atoms with van der Waals surface area (Å²) in [5.74, 6) is 0. The van der Waals surface area contributed by atoms with Crippen molar-refractivity contribution in [1.82, 2.24) is 4.90 Å². The van der Waals surface area contributed by atoms with E-state index in [9.17, 15) is 4.79 Å². The van der Waals surface area contributed by atoms with E-state index in [1.807, 2.05) is 11.8 Å². The summed E-state index contributed by atoms with van der Waals surface area (Å²) in [4.78, 5) is 13.4. The number of ether oxygens (including phenoxy) is 1. The van der Waals surface area contributed by atoms with Gasteiger partial charge in [0.2, 0.25) is 0 Å². The number of unbranched alkanes of at least 4 members (excludes halogenated alkanes) is 2. The fourth-order valence-electron chi connectivity index (χ4n) is 1.30. The van der Waals surface area contributed by atoms with Gasteiger partial charge in [0.1, 0.15) is 0 Å². The lowest BCUT2D eigenvalue weighted by atomic mass is 10.3. The van der Waals surface area contributed by atoms with E-state index in [2.05, 4.69) is 31.9 Å². The first kappa shape index (κ1) is 16.2. The fraction of sp³-hybridized carbons (Fsp3) is 0.909. The number of hydrogen-bond donors (Lipinski definition) is 0. The minimum Gasteiger partial charge on any atom is -0.450 e. The van der Waals surface area contributed by atoms with Crippen LogP contribution in [-0.2, 0) is 4.74 Å². The van der Waals surface area contributed by atoms with Gasteiger partial charge in [0, 0.05) is 23.7 Å². The number of alkyl halides is 2. The van der Waals surface area contributed by atoms with Crippen LogP contribution in [0.2, 0.25) is 0 Å². The lowest BCUT2D eigenvalue weighted by Crippen LogP contribution is -2.33. The molecule has 0 aliphatic heterocycles. The second-order valence-electron chi connectivity index (χ2n) is 3.48. The van der Waals surface area contributed by atoms with Crippen LogP contribution < -0.4 is 0 Å². The lowest BCUT2D eigenvalue weighted by molar-refractivity contribution is 0.106. The summed E-state index contributed by atoms with van der Waals surface area (Å²) in [6.45, 7) is 3.89. The standard InChI is InChI=1S/C11H21Br2NO2/c1-2-16-11(15)14(9-5-3-7-12)10-6-4-8-13/h2-10H2,1H3. The molecular formula is C11H21Br2NO2. The molecule has 0 fully saturated rings. The van der Waals surface area contributed by atoms with Crippen molar-refractivity contribution in [3.8, 4) is 0 Å². The normalized spacial score (nSPS) is 10.2. The van der Waals surface area contributed by atoms with E-state index < -0.39 is 0 Å². The molecule has 0 aromatic rings. The van der Waals surface area contributed by atoms with Gasteiger partial charge in [0.05, 0.1) is 6.61 Å². The Morgan fingerprint density at radius 1 is 1.06 bits per heavy atom. The maximum Gasteiger partial charge on any atom is 0.409 e. The number of nitrogens with zero attached hydrogens (tertiary/aromatic N) is 1. The van der Waals surface area contributed by atoms with Crippen molar-refractivity contribution in [3.05, 3.63) is 0 Å². The van der Waals surface area contributed by atoms with Gasteiger partial charge in [-0.2, -0.15) is 0 Å². The molecule has 0 radical (unpaired) electrons. The van der Waals surface area contributed by atoms with Gasteiger partial charge in [-0.15, -0.1) is 0 Å². The highest BCUT2D eigenvalue weighted by Gasteiger charge is 2.12. The maximum absolute atomic E-state index is 11.6. The van der Waals surface area contributed by atoms with Crippen molar-refractivity contribution < 1.29 is 9.53 Å². The Balaban J connectivity index is 3.89. The SMILES string of the molecule is CCOC(=O)N(CCCCBr)CCCCBr. The molecule has 0 saturated heterocycles. The summed E-state index contributed by atoms with van der Waals surface area (Å²) in [7, 11) is 0. The fourth-order valence-corrected chi connectivity index (χ4v) is 2.10. The highest BCUT2D eigenvalue weighted by molar-refractivity contribution is 9.09. The van der Waals surface area contributed by atoms with Gasteiger partial charge >= 0.3 is 6.09 Å². The average molecular weight is 359 g/mol. The largest absolute Gasteiger partial charge is 0.450 e. The highest BCUT2D eigenvalue weighted by atomic mass is 79.9. The van der Waals surface area contributed by atoms with Crippen molar-refractivity contribution >= 4 is 38.0 Å². The zero-order valence-electron chi connectivity index (χ0n) is 9.88. The van der Waals surface area contributed by atoms with Crippen molar-refractivity contribution in [2.45, 2.75) is 32.6 Å². The van der Waals surface area contributed by atoms with Gasteiger partial charge in [-0.05, 0) is 32.6 Å². The number of carbonyl (C=O) groups is 1. The predicted octanol–water partition coefficient (Wildman–Crippen LogP) is 3.80. The molecule has 0 heterocycles. The topological polar surface area (TPSA) is 29.5 Å². The van der Waals surface area contributed by atoms with Crippen LogP contribution in [0.15, 0.2) is 0 Å². The van der Waals surface area contributed by atoms with Gasteiger partial charge < -0.3 is 9.64 Å². The third-order valence-electron chi connectivity index (χ3n) is 2.15. The van der Waals surface area contributed by atoms with E-state index in [1.54, 1.807) is 0 Å². The van der Waals surface area contributed by atoms with Gasteiger partial charge in [0.15, 0.2) is 0 Å². The van der Waals surface area contributed by atoms with Gasteiger partial charge in [-0.25, -0.2) is 4.79 Å². The molecule has 0 aliphatic carbocycles. The average Bonchev–Trinajstić information content (AvgIpc) is 2.28. The Hall–Kier alpha value is 0.230. The van der Waals surface area contributed by atoms with Gasteiger partial charge in [-0.3, -0.25) is 0 Å². The molecular weight excluding hydrogens is 338 g/mol. The molecule has 3 nitrogen and oxygen atoms in total. The van der Waals surface area contributed by atoms with E-state index in [1.165, 1.54) is 0 Å². The van der Waals surface area contributed by atoms with Crippen LogP contribution in [-0.4, -0.2) is 41.3 Å². The van der Waals surface area contributed by atoms with Crippen LogP contribution >= 0.6 is 31.9 Å². The van der Waals surface area contributed by atoms with Crippen LogP contribution in [0.1, 0.15) is 32.6 Å². The van der Waals surface area contributed by atoms with Gasteiger partial charge in [-0.1, -0.05) is 31.9 Å². The van der Waals surface area contributed by atoms with Crippen LogP contribution in [0.5, 0.6) is 0 Å². The molecule has 0 N–H and O–H groups in total. The summed E-state index contributed by atoms with van der Waals surface area (Å²) in [5.41, 5.74) is 0. The van der Waals surface area contributed by atoms with E-state index in [0.717, 1.165) is 49.4 Å². The molecule has 0 rings (SSSR count). The summed E-state index contributed by atoms with van der Waals surface area (Å²) in [6, 6.07) is 0. The number of carbonyl (C=O) groups excluding carboxylic acids is 1. The predicted molar refractivity (Wildman–Crippen MR) is 74.7 cm³/mol. The first-order valence-electron chi connectivity index (χ1n) is 5.79. The molecule has 0 aromatic carbocycles.